The lowest BCUT2D eigenvalue weighted by molar-refractivity contribution is 0.130. The van der Waals surface area contributed by atoms with Crippen molar-refractivity contribution in [3.63, 3.8) is 0 Å². The zero-order chi connectivity index (χ0) is 50.2. The van der Waals surface area contributed by atoms with Crippen LogP contribution in [-0.4, -0.2) is 51.2 Å². The molecule has 6 aliphatic carbocycles. The van der Waals surface area contributed by atoms with E-state index in [-0.39, 0.29) is 0 Å². The maximum atomic E-state index is 6.32. The maximum Gasteiger partial charge on any atom is 0.232 e. The van der Waals surface area contributed by atoms with Crippen LogP contribution in [0.4, 0.5) is 17.8 Å². The minimum absolute atomic E-state index is 0.433. The highest BCUT2D eigenvalue weighted by atomic mass is 15.4. The van der Waals surface area contributed by atoms with Gasteiger partial charge in [-0.15, -0.1) is 0 Å². The summed E-state index contributed by atoms with van der Waals surface area (Å²) in [7, 11) is 0. The van der Waals surface area contributed by atoms with Crippen LogP contribution in [0.1, 0.15) is 240 Å². The van der Waals surface area contributed by atoms with Gasteiger partial charge >= 0.3 is 0 Å². The highest BCUT2D eigenvalue weighted by Gasteiger charge is 2.49. The van der Waals surface area contributed by atoms with Gasteiger partial charge in [0.25, 0.3) is 0 Å². The topological polar surface area (TPSA) is 48.4 Å². The quantitative estimate of drug-likeness (QED) is 0.175. The van der Waals surface area contributed by atoms with Crippen molar-refractivity contribution in [2.75, 3.05) is 14.7 Å². The summed E-state index contributed by atoms with van der Waals surface area (Å²) in [5.74, 6) is 15.0. The van der Waals surface area contributed by atoms with Crippen LogP contribution in [0.15, 0.2) is 0 Å². The Bertz CT molecular complexity index is 1420. The van der Waals surface area contributed by atoms with Crippen molar-refractivity contribution in [1.82, 2.24) is 15.0 Å². The van der Waals surface area contributed by atoms with Gasteiger partial charge in [-0.1, -0.05) is 163 Å². The van der Waals surface area contributed by atoms with Gasteiger partial charge in [-0.05, 0) is 184 Å². The highest BCUT2D eigenvalue weighted by molar-refractivity contribution is 5.51. The fraction of sp³-hybridized carbons (Fsp3) is 0.952. The molecule has 6 aliphatic rings. The summed E-state index contributed by atoms with van der Waals surface area (Å²) in [6.07, 6.45) is 23.4. The number of rotatable bonds is 15. The minimum atomic E-state index is 0.433. The molecule has 0 amide bonds. The zero-order valence-electron chi connectivity index (χ0n) is 48.8. The van der Waals surface area contributed by atoms with Crippen molar-refractivity contribution in [2.24, 2.45) is 107 Å². The average molecular weight is 956 g/mol. The molecule has 6 saturated carbocycles. The van der Waals surface area contributed by atoms with Crippen LogP contribution >= 0.6 is 0 Å². The molecule has 1 heterocycles. The lowest BCUT2D eigenvalue weighted by Crippen LogP contribution is -2.58. The average Bonchev–Trinajstić information content (AvgIpc) is 3.26. The van der Waals surface area contributed by atoms with Crippen molar-refractivity contribution in [2.45, 2.75) is 276 Å². The van der Waals surface area contributed by atoms with E-state index in [0.717, 1.165) is 17.8 Å². The van der Waals surface area contributed by atoms with E-state index in [1.165, 1.54) is 116 Å². The molecule has 6 heteroatoms. The summed E-state index contributed by atoms with van der Waals surface area (Å²) in [5.41, 5.74) is 0. The van der Waals surface area contributed by atoms with Gasteiger partial charge in [-0.3, -0.25) is 0 Å². The van der Waals surface area contributed by atoms with E-state index >= 15 is 0 Å². The monoisotopic (exact) mass is 955 g/mol. The number of aromatic nitrogens is 3. The number of nitrogens with zero attached hydrogens (tertiary/aromatic N) is 6. The van der Waals surface area contributed by atoms with Crippen LogP contribution < -0.4 is 14.7 Å². The SMILES string of the molecule is CC1CCC(C(C)C)C(N(c2nc(N(C3CC(C)CCC3C(C)C)C3CC(C)CCC3C(C)C)nc(N(C3CC(C)CCC3C(C)C)C3CC(C)CCC3C(C)C)n2)C2CC(C)CCC2C(C)C)C1. The second-order valence-electron chi connectivity index (χ2n) is 28.8. The van der Waals surface area contributed by atoms with Crippen LogP contribution in [0.3, 0.4) is 0 Å². The molecule has 0 saturated heterocycles. The smallest absolute Gasteiger partial charge is 0.232 e. The first-order valence-electron chi connectivity index (χ1n) is 30.8. The van der Waals surface area contributed by atoms with Gasteiger partial charge in [0.1, 0.15) is 0 Å². The molecule has 0 aromatic carbocycles. The molecule has 18 atom stereocenters. The van der Waals surface area contributed by atoms with Crippen molar-refractivity contribution >= 4 is 17.8 Å². The maximum absolute atomic E-state index is 6.32. The zero-order valence-corrected chi connectivity index (χ0v) is 48.8. The molecular formula is C63H114N6. The predicted octanol–water partition coefficient (Wildman–Crippen LogP) is 17.1. The molecule has 396 valence electrons. The van der Waals surface area contributed by atoms with Crippen LogP contribution in [0.2, 0.25) is 0 Å². The van der Waals surface area contributed by atoms with Crippen LogP contribution in [0, 0.1) is 107 Å². The van der Waals surface area contributed by atoms with Crippen molar-refractivity contribution < 1.29 is 0 Å². The Morgan fingerprint density at radius 2 is 0.406 bits per heavy atom. The van der Waals surface area contributed by atoms with E-state index in [1.54, 1.807) is 0 Å². The largest absolute Gasteiger partial charge is 0.334 e. The van der Waals surface area contributed by atoms with E-state index in [9.17, 15) is 0 Å². The summed E-state index contributed by atoms with van der Waals surface area (Å²) in [5, 5.41) is 0. The Kier molecular flexibility index (Phi) is 19.0. The van der Waals surface area contributed by atoms with Gasteiger partial charge in [0.15, 0.2) is 0 Å². The second kappa shape index (κ2) is 23.7. The van der Waals surface area contributed by atoms with E-state index in [4.69, 9.17) is 15.0 Å². The van der Waals surface area contributed by atoms with E-state index in [1.807, 2.05) is 0 Å². The Morgan fingerprint density at radius 1 is 0.261 bits per heavy atom. The van der Waals surface area contributed by atoms with E-state index in [0.29, 0.717) is 143 Å². The second-order valence-corrected chi connectivity index (χ2v) is 28.8. The standard InChI is InChI=1S/C63H114N6/c1-37(2)49-25-19-43(13)31-55(49)67(56-32-44(14)20-26-50(56)38(3)4)61-64-62(68(57-33-45(15)21-27-51(57)39(5)6)58-34-46(16)22-28-52(58)40(7)8)66-63(65-61)69(59-35-47(17)23-29-53(59)41(9)10)60-36-48(18)24-30-54(60)42(11)12/h37-60H,19-36H2,1-18H3. The van der Waals surface area contributed by atoms with Crippen LogP contribution in [0.5, 0.6) is 0 Å². The highest BCUT2D eigenvalue weighted by Crippen LogP contribution is 2.50. The Labute approximate surface area is 428 Å². The molecular weight excluding hydrogens is 841 g/mol. The van der Waals surface area contributed by atoms with Gasteiger partial charge in [0, 0.05) is 36.3 Å². The molecule has 0 bridgehead atoms. The number of hydrogen-bond acceptors (Lipinski definition) is 6. The third kappa shape index (κ3) is 12.5. The van der Waals surface area contributed by atoms with Gasteiger partial charge in [-0.2, -0.15) is 15.0 Å². The lowest BCUT2D eigenvalue weighted by atomic mass is 9.69. The van der Waals surface area contributed by atoms with Gasteiger partial charge in [-0.25, -0.2) is 0 Å². The first-order chi connectivity index (χ1) is 32.6. The molecule has 0 N–H and O–H groups in total. The molecule has 0 radical (unpaired) electrons. The molecule has 1 aromatic heterocycles. The van der Waals surface area contributed by atoms with Gasteiger partial charge < -0.3 is 14.7 Å². The summed E-state index contributed by atoms with van der Waals surface area (Å²) in [6.45, 7) is 45.9. The molecule has 1 aromatic rings. The summed E-state index contributed by atoms with van der Waals surface area (Å²) >= 11 is 0. The van der Waals surface area contributed by atoms with Crippen molar-refractivity contribution in [1.29, 1.82) is 0 Å². The van der Waals surface area contributed by atoms with Gasteiger partial charge in [0.05, 0.1) is 0 Å². The Morgan fingerprint density at radius 3 is 0.536 bits per heavy atom. The fourth-order valence-electron chi connectivity index (χ4n) is 17.1. The number of anilines is 3. The fourth-order valence-corrected chi connectivity index (χ4v) is 17.1. The first kappa shape index (κ1) is 55.2. The lowest BCUT2D eigenvalue weighted by Gasteiger charge is -2.54. The summed E-state index contributed by atoms with van der Waals surface area (Å²) < 4.78 is 0. The van der Waals surface area contributed by atoms with Gasteiger partial charge in [0.2, 0.25) is 17.8 Å². The molecule has 69 heavy (non-hydrogen) atoms. The molecule has 0 aliphatic heterocycles. The summed E-state index contributed by atoms with van der Waals surface area (Å²) in [4.78, 5) is 28.1. The van der Waals surface area contributed by atoms with E-state index in [2.05, 4.69) is 139 Å². The molecule has 18 unspecified atom stereocenters. The van der Waals surface area contributed by atoms with E-state index < -0.39 is 0 Å². The van der Waals surface area contributed by atoms with Crippen molar-refractivity contribution in [3.8, 4) is 0 Å². The van der Waals surface area contributed by atoms with Crippen LogP contribution in [0.25, 0.3) is 0 Å². The molecule has 6 nitrogen and oxygen atoms in total. The predicted molar refractivity (Wildman–Crippen MR) is 298 cm³/mol. The minimum Gasteiger partial charge on any atom is -0.334 e. The first-order valence-corrected chi connectivity index (χ1v) is 30.8. The number of hydrogen-bond donors (Lipinski definition) is 0. The third-order valence-corrected chi connectivity index (χ3v) is 21.4. The molecule has 7 rings (SSSR count). The van der Waals surface area contributed by atoms with Crippen LogP contribution in [-0.2, 0) is 0 Å². The molecule has 0 spiro atoms. The van der Waals surface area contributed by atoms with Crippen molar-refractivity contribution in [3.05, 3.63) is 0 Å². The Balaban J connectivity index is 1.59. The summed E-state index contributed by atoms with van der Waals surface area (Å²) in [6, 6.07) is 2.60. The normalized spacial score (nSPS) is 39.5. The Hall–Kier alpha value is -1.59. The molecule has 6 fully saturated rings. The third-order valence-electron chi connectivity index (χ3n) is 21.4.